The zero-order chi connectivity index (χ0) is 19.7. The molecule has 2 heterocycles. The molecule has 4 aromatic rings. The molecule has 0 aliphatic heterocycles. The summed E-state index contributed by atoms with van der Waals surface area (Å²) in [4.78, 5) is 12.4. The minimum absolute atomic E-state index is 0.0845. The quantitative estimate of drug-likeness (QED) is 0.536. The summed E-state index contributed by atoms with van der Waals surface area (Å²) < 4.78 is 41.8. The van der Waals surface area contributed by atoms with Gasteiger partial charge in [0.15, 0.2) is 5.69 Å². The molecule has 4 rings (SSSR count). The summed E-state index contributed by atoms with van der Waals surface area (Å²) in [7, 11) is 0. The molecule has 0 spiro atoms. The van der Waals surface area contributed by atoms with Crippen LogP contribution in [-0.4, -0.2) is 19.6 Å². The maximum Gasteiger partial charge on any atom is 0.416 e. The summed E-state index contributed by atoms with van der Waals surface area (Å²) in [5.41, 5.74) is 0.307. The molecule has 0 radical (unpaired) electrons. The van der Waals surface area contributed by atoms with E-state index in [1.165, 1.54) is 35.3 Å². The molecule has 0 amide bonds. The fourth-order valence-electron chi connectivity index (χ4n) is 2.81. The van der Waals surface area contributed by atoms with Crippen molar-refractivity contribution < 1.29 is 13.2 Å². The van der Waals surface area contributed by atoms with Crippen LogP contribution in [0.1, 0.15) is 5.56 Å². The van der Waals surface area contributed by atoms with Gasteiger partial charge >= 0.3 is 6.18 Å². The van der Waals surface area contributed by atoms with Gasteiger partial charge in [0.05, 0.1) is 28.8 Å². The van der Waals surface area contributed by atoms with Crippen LogP contribution >= 0.6 is 0 Å². The number of nitrogens with zero attached hydrogens (tertiary/aromatic N) is 4. The van der Waals surface area contributed by atoms with Crippen LogP contribution in [0.5, 0.6) is 0 Å². The van der Waals surface area contributed by atoms with E-state index in [2.05, 4.69) is 10.2 Å². The molecule has 0 N–H and O–H groups in total. The van der Waals surface area contributed by atoms with Crippen LogP contribution in [0.25, 0.3) is 22.8 Å². The lowest BCUT2D eigenvalue weighted by atomic mass is 10.2. The van der Waals surface area contributed by atoms with E-state index in [9.17, 15) is 18.0 Å². The Balaban J connectivity index is 1.83. The van der Waals surface area contributed by atoms with Gasteiger partial charge in [-0.15, -0.1) is 0 Å². The van der Waals surface area contributed by atoms with Gasteiger partial charge in [0.25, 0.3) is 0 Å². The van der Waals surface area contributed by atoms with E-state index in [0.717, 1.165) is 17.8 Å². The second-order valence-electron chi connectivity index (χ2n) is 5.99. The van der Waals surface area contributed by atoms with Crippen molar-refractivity contribution in [2.75, 3.05) is 0 Å². The Morgan fingerprint density at radius 3 is 2.36 bits per heavy atom. The van der Waals surface area contributed by atoms with Crippen LogP contribution in [0.3, 0.4) is 0 Å². The van der Waals surface area contributed by atoms with Crippen molar-refractivity contribution in [1.82, 2.24) is 19.6 Å². The average Bonchev–Trinajstić information content (AvgIpc) is 3.18. The first-order valence-corrected chi connectivity index (χ1v) is 8.31. The Hall–Kier alpha value is -3.68. The first-order chi connectivity index (χ1) is 13.4. The van der Waals surface area contributed by atoms with E-state index in [1.54, 1.807) is 10.7 Å². The summed E-state index contributed by atoms with van der Waals surface area (Å²) in [5.74, 6) is 0. The van der Waals surface area contributed by atoms with Gasteiger partial charge < -0.3 is 0 Å². The highest BCUT2D eigenvalue weighted by Crippen LogP contribution is 2.30. The first kappa shape index (κ1) is 17.7. The van der Waals surface area contributed by atoms with Crippen molar-refractivity contribution in [2.45, 2.75) is 6.18 Å². The number of benzene rings is 2. The maximum atomic E-state index is 13.0. The van der Waals surface area contributed by atoms with Gasteiger partial charge in [0.2, 0.25) is 5.43 Å². The van der Waals surface area contributed by atoms with E-state index in [4.69, 9.17) is 0 Å². The van der Waals surface area contributed by atoms with Crippen LogP contribution in [0.2, 0.25) is 0 Å². The van der Waals surface area contributed by atoms with Crippen molar-refractivity contribution in [3.63, 3.8) is 0 Å². The fourth-order valence-corrected chi connectivity index (χ4v) is 2.81. The fraction of sp³-hybridized carbons (Fsp3) is 0.0500. The number of rotatable bonds is 3. The number of aromatic nitrogens is 4. The van der Waals surface area contributed by atoms with Crippen LogP contribution in [-0.2, 0) is 6.18 Å². The third kappa shape index (κ3) is 3.32. The van der Waals surface area contributed by atoms with E-state index in [0.29, 0.717) is 5.69 Å². The van der Waals surface area contributed by atoms with Gasteiger partial charge in [0, 0.05) is 12.3 Å². The summed E-state index contributed by atoms with van der Waals surface area (Å²) >= 11 is 0. The van der Waals surface area contributed by atoms with E-state index < -0.39 is 11.7 Å². The Morgan fingerprint density at radius 1 is 0.857 bits per heavy atom. The molecule has 0 bridgehead atoms. The summed E-state index contributed by atoms with van der Waals surface area (Å²) in [5, 5.41) is 8.50. The highest BCUT2D eigenvalue weighted by Gasteiger charge is 2.30. The van der Waals surface area contributed by atoms with E-state index in [-0.39, 0.29) is 16.8 Å². The molecule has 5 nitrogen and oxygen atoms in total. The van der Waals surface area contributed by atoms with Crippen LogP contribution in [0, 0.1) is 0 Å². The number of para-hydroxylation sites is 1. The van der Waals surface area contributed by atoms with Crippen molar-refractivity contribution in [1.29, 1.82) is 0 Å². The monoisotopic (exact) mass is 382 g/mol. The molecule has 140 valence electrons. The summed E-state index contributed by atoms with van der Waals surface area (Å²) in [6.45, 7) is 0. The number of halogens is 3. The molecule has 0 unspecified atom stereocenters. The zero-order valence-corrected chi connectivity index (χ0v) is 14.3. The molecule has 2 aromatic carbocycles. The minimum atomic E-state index is -4.47. The molecule has 0 aliphatic rings. The van der Waals surface area contributed by atoms with E-state index in [1.807, 2.05) is 30.3 Å². The van der Waals surface area contributed by atoms with Gasteiger partial charge in [0.1, 0.15) is 0 Å². The number of alkyl halides is 3. The Kier molecular flexibility index (Phi) is 4.31. The lowest BCUT2D eigenvalue weighted by molar-refractivity contribution is -0.137. The lowest BCUT2D eigenvalue weighted by Crippen LogP contribution is -2.15. The third-order valence-corrected chi connectivity index (χ3v) is 4.13. The minimum Gasteiger partial charge on any atom is -0.287 e. The average molecular weight is 382 g/mol. The topological polar surface area (TPSA) is 52.7 Å². The van der Waals surface area contributed by atoms with Gasteiger partial charge in [-0.3, -0.25) is 4.79 Å². The lowest BCUT2D eigenvalue weighted by Gasteiger charge is -2.12. The number of hydrogen-bond acceptors (Lipinski definition) is 3. The van der Waals surface area contributed by atoms with Crippen molar-refractivity contribution >= 4 is 0 Å². The first-order valence-electron chi connectivity index (χ1n) is 8.31. The standard InChI is InChI=1S/C20H13F3N4O/c21-20(22,23)14-5-4-8-16(13-14)26-12-10-18(28)19(25-26)17-9-11-24-27(17)15-6-2-1-3-7-15/h1-13H. The smallest absolute Gasteiger partial charge is 0.287 e. The molecule has 0 aliphatic carbocycles. The van der Waals surface area contributed by atoms with Gasteiger partial charge in [-0.05, 0) is 36.4 Å². The highest BCUT2D eigenvalue weighted by atomic mass is 19.4. The Morgan fingerprint density at radius 2 is 1.61 bits per heavy atom. The maximum absolute atomic E-state index is 13.0. The zero-order valence-electron chi connectivity index (χ0n) is 14.3. The second-order valence-corrected chi connectivity index (χ2v) is 5.99. The highest BCUT2D eigenvalue weighted by molar-refractivity contribution is 5.57. The van der Waals surface area contributed by atoms with Crippen molar-refractivity contribution in [2.24, 2.45) is 0 Å². The van der Waals surface area contributed by atoms with Crippen LogP contribution < -0.4 is 5.43 Å². The third-order valence-electron chi connectivity index (χ3n) is 4.13. The Bertz CT molecular complexity index is 1180. The van der Waals surface area contributed by atoms with Gasteiger partial charge in [-0.2, -0.15) is 23.4 Å². The molecule has 28 heavy (non-hydrogen) atoms. The largest absolute Gasteiger partial charge is 0.416 e. The predicted molar refractivity (Wildman–Crippen MR) is 97.4 cm³/mol. The molecule has 8 heteroatoms. The van der Waals surface area contributed by atoms with Crippen molar-refractivity contribution in [3.05, 3.63) is 94.9 Å². The van der Waals surface area contributed by atoms with Gasteiger partial charge in [-0.25, -0.2) is 9.36 Å². The van der Waals surface area contributed by atoms with Crippen molar-refractivity contribution in [3.8, 4) is 22.8 Å². The molecular weight excluding hydrogens is 369 g/mol. The summed E-state index contributed by atoms with van der Waals surface area (Å²) in [6.07, 6.45) is -1.60. The molecule has 0 fully saturated rings. The predicted octanol–water partition coefficient (Wildman–Crippen LogP) is 4.10. The van der Waals surface area contributed by atoms with Gasteiger partial charge in [-0.1, -0.05) is 24.3 Å². The molecule has 0 saturated carbocycles. The normalized spacial score (nSPS) is 11.5. The molecular formula is C20H13F3N4O. The molecule has 0 atom stereocenters. The second kappa shape index (κ2) is 6.80. The van der Waals surface area contributed by atoms with E-state index >= 15 is 0 Å². The summed E-state index contributed by atoms with van der Waals surface area (Å²) in [6, 6.07) is 16.8. The Labute approximate surface area is 157 Å². The molecule has 2 aromatic heterocycles. The number of hydrogen-bond donors (Lipinski definition) is 0. The van der Waals surface area contributed by atoms with Crippen LogP contribution in [0.15, 0.2) is 83.9 Å². The van der Waals surface area contributed by atoms with Crippen LogP contribution in [0.4, 0.5) is 13.2 Å². The molecule has 0 saturated heterocycles. The SMILES string of the molecule is O=c1ccn(-c2cccc(C(F)(F)F)c2)nc1-c1ccnn1-c1ccccc1.